The van der Waals surface area contributed by atoms with Crippen LogP contribution in [0.4, 0.5) is 0 Å². The van der Waals surface area contributed by atoms with Crippen molar-refractivity contribution in [2.75, 3.05) is 7.05 Å². The number of hydrogen-bond donors (Lipinski definition) is 1. The van der Waals surface area contributed by atoms with Gasteiger partial charge in [-0.2, -0.15) is 0 Å². The standard InChI is InChI=1S/C16H22Cl2N2/c1-20-12-4-2-5-13(20)9-11(8-12)19-10-14-15(17)6-3-7-16(14)18/h3,6-7,11-13,19H,2,4-5,8-10H2,1H3. The molecule has 2 fully saturated rings. The van der Waals surface area contributed by atoms with Crippen LogP contribution >= 0.6 is 23.2 Å². The Labute approximate surface area is 131 Å². The molecular formula is C16H22Cl2N2. The highest BCUT2D eigenvalue weighted by Crippen LogP contribution is 2.33. The van der Waals surface area contributed by atoms with Crippen molar-refractivity contribution >= 4 is 23.2 Å². The molecule has 3 rings (SSSR count). The number of nitrogens with zero attached hydrogens (tertiary/aromatic N) is 1. The number of halogens is 2. The Bertz CT molecular complexity index is 443. The lowest BCUT2D eigenvalue weighted by Crippen LogP contribution is -2.54. The molecule has 2 atom stereocenters. The summed E-state index contributed by atoms with van der Waals surface area (Å²) in [4.78, 5) is 2.59. The highest BCUT2D eigenvalue weighted by atomic mass is 35.5. The first kappa shape index (κ1) is 14.6. The maximum absolute atomic E-state index is 6.23. The SMILES string of the molecule is CN1C2CCCC1CC(NCc1c(Cl)cccc1Cl)C2. The third-order valence-corrected chi connectivity index (χ3v) is 5.68. The van der Waals surface area contributed by atoms with Gasteiger partial charge in [0.25, 0.3) is 0 Å². The molecule has 1 N–H and O–H groups in total. The van der Waals surface area contributed by atoms with Crippen LogP contribution in [0.1, 0.15) is 37.7 Å². The number of hydrogen-bond acceptors (Lipinski definition) is 2. The Morgan fingerprint density at radius 1 is 1.15 bits per heavy atom. The summed E-state index contributed by atoms with van der Waals surface area (Å²) in [5, 5.41) is 5.20. The highest BCUT2D eigenvalue weighted by Gasteiger charge is 2.35. The first-order valence-corrected chi connectivity index (χ1v) is 8.29. The van der Waals surface area contributed by atoms with E-state index >= 15 is 0 Å². The van der Waals surface area contributed by atoms with E-state index in [1.165, 1.54) is 32.1 Å². The fraction of sp³-hybridized carbons (Fsp3) is 0.625. The van der Waals surface area contributed by atoms with Gasteiger partial charge in [0.2, 0.25) is 0 Å². The molecule has 2 aliphatic rings. The summed E-state index contributed by atoms with van der Waals surface area (Å²) in [7, 11) is 2.29. The second-order valence-corrected chi connectivity index (χ2v) is 6.97. The maximum atomic E-state index is 6.23. The van der Waals surface area contributed by atoms with Crippen molar-refractivity contribution in [3.63, 3.8) is 0 Å². The minimum atomic E-state index is 0.592. The van der Waals surface area contributed by atoms with E-state index < -0.39 is 0 Å². The molecule has 2 nitrogen and oxygen atoms in total. The van der Waals surface area contributed by atoms with Gasteiger partial charge in [0.15, 0.2) is 0 Å². The number of nitrogens with one attached hydrogen (secondary N) is 1. The molecule has 0 aromatic heterocycles. The van der Waals surface area contributed by atoms with Crippen LogP contribution in [0.3, 0.4) is 0 Å². The number of rotatable bonds is 3. The summed E-state index contributed by atoms with van der Waals surface area (Å²) in [5.74, 6) is 0. The largest absolute Gasteiger partial charge is 0.310 e. The van der Waals surface area contributed by atoms with Crippen LogP contribution in [-0.2, 0) is 6.54 Å². The topological polar surface area (TPSA) is 15.3 Å². The van der Waals surface area contributed by atoms with Gasteiger partial charge < -0.3 is 10.2 Å². The molecular weight excluding hydrogens is 291 g/mol. The predicted octanol–water partition coefficient (Wildman–Crippen LogP) is 4.10. The lowest BCUT2D eigenvalue weighted by Gasteiger charge is -2.47. The fourth-order valence-corrected chi connectivity index (χ4v) is 4.26. The summed E-state index contributed by atoms with van der Waals surface area (Å²) in [5.41, 5.74) is 1.03. The molecule has 0 aliphatic carbocycles. The van der Waals surface area contributed by atoms with Gasteiger partial charge in [0.05, 0.1) is 0 Å². The summed E-state index contributed by atoms with van der Waals surface area (Å²) >= 11 is 12.5. The molecule has 0 radical (unpaired) electrons. The van der Waals surface area contributed by atoms with E-state index in [-0.39, 0.29) is 0 Å². The van der Waals surface area contributed by atoms with Gasteiger partial charge >= 0.3 is 0 Å². The van der Waals surface area contributed by atoms with Crippen LogP contribution < -0.4 is 5.32 Å². The first-order valence-electron chi connectivity index (χ1n) is 7.53. The van der Waals surface area contributed by atoms with E-state index in [1.807, 2.05) is 18.2 Å². The fourth-order valence-electron chi connectivity index (χ4n) is 3.73. The summed E-state index contributed by atoms with van der Waals surface area (Å²) in [6.07, 6.45) is 6.57. The Morgan fingerprint density at radius 3 is 2.35 bits per heavy atom. The van der Waals surface area contributed by atoms with Crippen LogP contribution in [0, 0.1) is 0 Å². The van der Waals surface area contributed by atoms with Crippen LogP contribution in [0.15, 0.2) is 18.2 Å². The van der Waals surface area contributed by atoms with E-state index in [1.54, 1.807) is 0 Å². The normalized spacial score (nSPS) is 30.4. The smallest absolute Gasteiger partial charge is 0.0465 e. The van der Waals surface area contributed by atoms with Gasteiger partial charge in [0, 0.05) is 40.3 Å². The van der Waals surface area contributed by atoms with Crippen LogP contribution in [-0.4, -0.2) is 30.1 Å². The second-order valence-electron chi connectivity index (χ2n) is 6.15. The van der Waals surface area contributed by atoms with Crippen molar-refractivity contribution in [3.05, 3.63) is 33.8 Å². The van der Waals surface area contributed by atoms with Gasteiger partial charge in [-0.3, -0.25) is 0 Å². The van der Waals surface area contributed by atoms with Crippen LogP contribution in [0.2, 0.25) is 10.0 Å². The van der Waals surface area contributed by atoms with E-state index in [0.29, 0.717) is 6.04 Å². The van der Waals surface area contributed by atoms with Crippen molar-refractivity contribution in [1.29, 1.82) is 0 Å². The summed E-state index contributed by atoms with van der Waals surface area (Å²) < 4.78 is 0. The molecule has 2 saturated heterocycles. The Hall–Kier alpha value is -0.280. The van der Waals surface area contributed by atoms with Gasteiger partial charge in [-0.1, -0.05) is 35.7 Å². The van der Waals surface area contributed by atoms with E-state index in [0.717, 1.165) is 34.2 Å². The third-order valence-electron chi connectivity index (χ3n) is 4.97. The van der Waals surface area contributed by atoms with Crippen molar-refractivity contribution < 1.29 is 0 Å². The lowest BCUT2D eigenvalue weighted by molar-refractivity contribution is 0.0482. The number of benzene rings is 1. The molecule has 1 aromatic carbocycles. The van der Waals surface area contributed by atoms with Gasteiger partial charge in [-0.05, 0) is 44.9 Å². The van der Waals surface area contributed by atoms with E-state index in [4.69, 9.17) is 23.2 Å². The zero-order valence-corrected chi connectivity index (χ0v) is 13.4. The average Bonchev–Trinajstić information content (AvgIpc) is 2.39. The molecule has 4 heteroatoms. The number of fused-ring (bicyclic) bond motifs is 2. The van der Waals surface area contributed by atoms with Gasteiger partial charge in [-0.15, -0.1) is 0 Å². The second kappa shape index (κ2) is 6.23. The maximum Gasteiger partial charge on any atom is 0.0465 e. The predicted molar refractivity (Wildman–Crippen MR) is 85.5 cm³/mol. The monoisotopic (exact) mass is 312 g/mol. The Balaban J connectivity index is 1.62. The van der Waals surface area contributed by atoms with Crippen molar-refractivity contribution in [1.82, 2.24) is 10.2 Å². The zero-order chi connectivity index (χ0) is 14.1. The molecule has 1 aromatic rings. The molecule has 0 spiro atoms. The molecule has 2 aliphatic heterocycles. The lowest BCUT2D eigenvalue weighted by atomic mass is 9.82. The minimum Gasteiger partial charge on any atom is -0.310 e. The van der Waals surface area contributed by atoms with Crippen molar-refractivity contribution in [3.8, 4) is 0 Å². The summed E-state index contributed by atoms with van der Waals surface area (Å²) in [6, 6.07) is 7.81. The first-order chi connectivity index (χ1) is 9.65. The molecule has 2 unspecified atom stereocenters. The molecule has 110 valence electrons. The van der Waals surface area contributed by atoms with Gasteiger partial charge in [-0.25, -0.2) is 0 Å². The summed E-state index contributed by atoms with van der Waals surface area (Å²) in [6.45, 7) is 0.770. The van der Waals surface area contributed by atoms with Gasteiger partial charge in [0.1, 0.15) is 0 Å². The third kappa shape index (κ3) is 2.99. The molecule has 20 heavy (non-hydrogen) atoms. The van der Waals surface area contributed by atoms with E-state index in [2.05, 4.69) is 17.3 Å². The Kier molecular flexibility index (Phi) is 4.56. The molecule has 2 bridgehead atoms. The minimum absolute atomic E-state index is 0.592. The molecule has 0 amide bonds. The van der Waals surface area contributed by atoms with E-state index in [9.17, 15) is 0 Å². The Morgan fingerprint density at radius 2 is 1.75 bits per heavy atom. The highest BCUT2D eigenvalue weighted by molar-refractivity contribution is 6.35. The average molecular weight is 313 g/mol. The quantitative estimate of drug-likeness (QED) is 0.904. The van der Waals surface area contributed by atoms with Crippen LogP contribution in [0.5, 0.6) is 0 Å². The number of piperidine rings is 2. The van der Waals surface area contributed by atoms with Crippen LogP contribution in [0.25, 0.3) is 0 Å². The molecule has 2 heterocycles. The van der Waals surface area contributed by atoms with Crippen molar-refractivity contribution in [2.24, 2.45) is 0 Å². The molecule has 0 saturated carbocycles. The zero-order valence-electron chi connectivity index (χ0n) is 11.9. The van der Waals surface area contributed by atoms with Crippen molar-refractivity contribution in [2.45, 2.75) is 56.8 Å².